The van der Waals surface area contributed by atoms with Gasteiger partial charge < -0.3 is 19.6 Å². The quantitative estimate of drug-likeness (QED) is 0.546. The Hall–Kier alpha value is -2.90. The van der Waals surface area contributed by atoms with Gasteiger partial charge in [-0.05, 0) is 34.9 Å². The zero-order valence-electron chi connectivity index (χ0n) is 13.6. The highest BCUT2D eigenvalue weighted by Crippen LogP contribution is 2.39. The van der Waals surface area contributed by atoms with Crippen molar-refractivity contribution in [2.24, 2.45) is 14.1 Å². The summed E-state index contributed by atoms with van der Waals surface area (Å²) in [4.78, 5) is 21.7. The standard InChI is InChI=1S/C16H18N6O2/c1-19-10-17-15(22(23)24)16(19)21-9-5-8-13(21)14-18-11-6-3-4-7-12(11)20(14)2/h3-4,6-7,10,13H,5,8-9H2,1-2H3/t13-/m1/s1. The van der Waals surface area contributed by atoms with Gasteiger partial charge in [-0.2, -0.15) is 0 Å². The van der Waals surface area contributed by atoms with E-state index in [4.69, 9.17) is 4.98 Å². The fourth-order valence-electron chi connectivity index (χ4n) is 3.62. The molecule has 1 aliphatic rings. The molecule has 0 saturated carbocycles. The van der Waals surface area contributed by atoms with Crippen molar-refractivity contribution < 1.29 is 4.92 Å². The maximum Gasteiger partial charge on any atom is 0.406 e. The zero-order chi connectivity index (χ0) is 16.8. The van der Waals surface area contributed by atoms with Gasteiger partial charge >= 0.3 is 5.82 Å². The minimum atomic E-state index is -0.417. The molecule has 0 radical (unpaired) electrons. The van der Waals surface area contributed by atoms with E-state index in [1.807, 2.05) is 31.3 Å². The fraction of sp³-hybridized carbons (Fsp3) is 0.375. The second kappa shape index (κ2) is 5.33. The molecule has 24 heavy (non-hydrogen) atoms. The van der Waals surface area contributed by atoms with E-state index in [0.29, 0.717) is 5.82 Å². The van der Waals surface area contributed by atoms with Gasteiger partial charge in [-0.25, -0.2) is 4.98 Å². The maximum atomic E-state index is 11.3. The monoisotopic (exact) mass is 326 g/mol. The molecule has 2 aromatic heterocycles. The molecule has 1 aromatic carbocycles. The van der Waals surface area contributed by atoms with Gasteiger partial charge in [-0.3, -0.25) is 4.57 Å². The van der Waals surface area contributed by atoms with E-state index in [9.17, 15) is 10.1 Å². The fourth-order valence-corrected chi connectivity index (χ4v) is 3.62. The first-order valence-electron chi connectivity index (χ1n) is 7.91. The van der Waals surface area contributed by atoms with Crippen molar-refractivity contribution in [2.45, 2.75) is 18.9 Å². The van der Waals surface area contributed by atoms with Gasteiger partial charge in [0.2, 0.25) is 12.1 Å². The van der Waals surface area contributed by atoms with Crippen LogP contribution in [0.15, 0.2) is 30.6 Å². The maximum absolute atomic E-state index is 11.3. The summed E-state index contributed by atoms with van der Waals surface area (Å²) in [5.74, 6) is 1.39. The second-order valence-corrected chi connectivity index (χ2v) is 6.13. The Kier molecular flexibility index (Phi) is 3.26. The molecule has 3 heterocycles. The van der Waals surface area contributed by atoms with Crippen molar-refractivity contribution >= 4 is 22.7 Å². The number of fused-ring (bicyclic) bond motifs is 1. The van der Waals surface area contributed by atoms with E-state index in [1.165, 1.54) is 6.33 Å². The number of rotatable bonds is 3. The van der Waals surface area contributed by atoms with Crippen molar-refractivity contribution in [1.82, 2.24) is 19.1 Å². The van der Waals surface area contributed by atoms with Gasteiger partial charge in [-0.1, -0.05) is 12.1 Å². The molecule has 4 rings (SSSR count). The highest BCUT2D eigenvalue weighted by molar-refractivity contribution is 5.76. The predicted molar refractivity (Wildman–Crippen MR) is 89.9 cm³/mol. The molecule has 0 unspecified atom stereocenters. The van der Waals surface area contributed by atoms with Gasteiger partial charge in [0.05, 0.1) is 17.1 Å². The number of benzene rings is 1. The van der Waals surface area contributed by atoms with Crippen LogP contribution in [0.3, 0.4) is 0 Å². The summed E-state index contributed by atoms with van der Waals surface area (Å²) < 4.78 is 3.81. The van der Waals surface area contributed by atoms with Crippen LogP contribution in [-0.4, -0.2) is 30.6 Å². The van der Waals surface area contributed by atoms with Crippen LogP contribution in [0.5, 0.6) is 0 Å². The summed E-state index contributed by atoms with van der Waals surface area (Å²) in [6.07, 6.45) is 3.38. The third kappa shape index (κ3) is 2.06. The van der Waals surface area contributed by atoms with E-state index < -0.39 is 4.92 Å². The lowest BCUT2D eigenvalue weighted by Gasteiger charge is -2.25. The van der Waals surface area contributed by atoms with Crippen molar-refractivity contribution in [2.75, 3.05) is 11.4 Å². The molecule has 0 bridgehead atoms. The molecule has 0 spiro atoms. The number of anilines is 1. The molecule has 8 nitrogen and oxygen atoms in total. The van der Waals surface area contributed by atoms with Gasteiger partial charge in [0.1, 0.15) is 5.82 Å². The molecule has 8 heteroatoms. The molecule has 3 aromatic rings. The number of hydrogen-bond donors (Lipinski definition) is 0. The van der Waals surface area contributed by atoms with Gasteiger partial charge in [0.15, 0.2) is 0 Å². The van der Waals surface area contributed by atoms with Crippen LogP contribution in [0, 0.1) is 10.1 Å². The Morgan fingerprint density at radius 2 is 2.08 bits per heavy atom. The average Bonchev–Trinajstić information content (AvgIpc) is 3.25. The van der Waals surface area contributed by atoms with E-state index in [0.717, 1.165) is 36.2 Å². The van der Waals surface area contributed by atoms with Crippen molar-refractivity contribution in [3.05, 3.63) is 46.5 Å². The first-order valence-corrected chi connectivity index (χ1v) is 7.91. The molecule has 0 N–H and O–H groups in total. The Morgan fingerprint density at radius 3 is 2.83 bits per heavy atom. The zero-order valence-corrected chi connectivity index (χ0v) is 13.6. The number of aryl methyl sites for hydroxylation is 2. The van der Waals surface area contributed by atoms with Crippen LogP contribution in [0.2, 0.25) is 0 Å². The lowest BCUT2D eigenvalue weighted by molar-refractivity contribution is -0.388. The van der Waals surface area contributed by atoms with Gasteiger partial charge in [0, 0.05) is 20.6 Å². The summed E-state index contributed by atoms with van der Waals surface area (Å²) in [6.45, 7) is 0.758. The number of aromatic nitrogens is 4. The Morgan fingerprint density at radius 1 is 1.29 bits per heavy atom. The number of para-hydroxylation sites is 2. The molecule has 124 valence electrons. The van der Waals surface area contributed by atoms with E-state index in [-0.39, 0.29) is 11.9 Å². The van der Waals surface area contributed by atoms with Gasteiger partial charge in [-0.15, -0.1) is 0 Å². The summed E-state index contributed by atoms with van der Waals surface area (Å²) in [5.41, 5.74) is 2.01. The molecule has 1 atom stereocenters. The Labute approximate surface area is 138 Å². The molecular formula is C16H18N6O2. The minimum absolute atomic E-state index is 0.0106. The number of hydrogen-bond acceptors (Lipinski definition) is 5. The summed E-state index contributed by atoms with van der Waals surface area (Å²) in [5, 5.41) is 11.3. The molecule has 1 aliphatic heterocycles. The molecule has 0 aliphatic carbocycles. The third-order valence-electron chi connectivity index (χ3n) is 4.70. The Bertz CT molecular complexity index is 928. The SMILES string of the molecule is Cn1cnc([N+](=O)[O-])c1N1CCC[C@@H]1c1nc2ccccc2n1C. The summed E-state index contributed by atoms with van der Waals surface area (Å²) in [6, 6.07) is 8.00. The normalized spacial score (nSPS) is 17.8. The van der Waals surface area contributed by atoms with Gasteiger partial charge in [0.25, 0.3) is 0 Å². The van der Waals surface area contributed by atoms with E-state index >= 15 is 0 Å². The highest BCUT2D eigenvalue weighted by Gasteiger charge is 2.36. The second-order valence-electron chi connectivity index (χ2n) is 6.13. The Balaban J connectivity index is 1.82. The van der Waals surface area contributed by atoms with E-state index in [2.05, 4.69) is 14.5 Å². The van der Waals surface area contributed by atoms with E-state index in [1.54, 1.807) is 11.6 Å². The first kappa shape index (κ1) is 14.7. The lowest BCUT2D eigenvalue weighted by Crippen LogP contribution is -2.27. The third-order valence-corrected chi connectivity index (χ3v) is 4.70. The molecular weight excluding hydrogens is 308 g/mol. The summed E-state index contributed by atoms with van der Waals surface area (Å²) in [7, 11) is 3.79. The number of nitrogens with zero attached hydrogens (tertiary/aromatic N) is 6. The molecule has 1 fully saturated rings. The lowest BCUT2D eigenvalue weighted by atomic mass is 10.2. The van der Waals surface area contributed by atoms with Crippen LogP contribution >= 0.6 is 0 Å². The number of nitro groups is 1. The van der Waals surface area contributed by atoms with Crippen LogP contribution < -0.4 is 4.90 Å². The minimum Gasteiger partial charge on any atom is -0.358 e. The van der Waals surface area contributed by atoms with Crippen molar-refractivity contribution in [3.8, 4) is 0 Å². The number of imidazole rings is 2. The topological polar surface area (TPSA) is 82.0 Å². The van der Waals surface area contributed by atoms with Crippen LogP contribution in [0.4, 0.5) is 11.6 Å². The largest absolute Gasteiger partial charge is 0.406 e. The summed E-state index contributed by atoms with van der Waals surface area (Å²) >= 11 is 0. The van der Waals surface area contributed by atoms with Crippen molar-refractivity contribution in [1.29, 1.82) is 0 Å². The smallest absolute Gasteiger partial charge is 0.358 e. The van der Waals surface area contributed by atoms with Crippen LogP contribution in [0.25, 0.3) is 11.0 Å². The molecule has 1 saturated heterocycles. The van der Waals surface area contributed by atoms with Crippen molar-refractivity contribution in [3.63, 3.8) is 0 Å². The first-order chi connectivity index (χ1) is 11.6. The molecule has 0 amide bonds. The highest BCUT2D eigenvalue weighted by atomic mass is 16.6. The predicted octanol–water partition coefficient (Wildman–Crippen LogP) is 2.56. The van der Waals surface area contributed by atoms with Crippen LogP contribution in [0.1, 0.15) is 24.7 Å². The average molecular weight is 326 g/mol. The van der Waals surface area contributed by atoms with Crippen LogP contribution in [-0.2, 0) is 14.1 Å².